The summed E-state index contributed by atoms with van der Waals surface area (Å²) in [7, 11) is -3.28. The topological polar surface area (TPSA) is 109 Å². The zero-order valence-electron chi connectivity index (χ0n) is 17.9. The van der Waals surface area contributed by atoms with Crippen molar-refractivity contribution in [2.45, 2.75) is 45.7 Å². The minimum absolute atomic E-state index is 0.138. The number of pyridine rings is 1. The number of rotatable bonds is 4. The second-order valence-corrected chi connectivity index (χ2v) is 11.5. The highest BCUT2D eigenvalue weighted by atomic mass is 35.5. The van der Waals surface area contributed by atoms with Crippen molar-refractivity contribution in [1.29, 1.82) is 0 Å². The predicted octanol–water partition coefficient (Wildman–Crippen LogP) is 2.73. The molecule has 2 aliphatic heterocycles. The van der Waals surface area contributed by atoms with Gasteiger partial charge in [0.1, 0.15) is 5.82 Å². The molecule has 1 saturated heterocycles. The summed E-state index contributed by atoms with van der Waals surface area (Å²) in [5.74, 6) is 0.366. The van der Waals surface area contributed by atoms with E-state index in [1.165, 1.54) is 16.8 Å². The van der Waals surface area contributed by atoms with Crippen molar-refractivity contribution in [1.82, 2.24) is 24.4 Å². The highest BCUT2D eigenvalue weighted by Gasteiger charge is 2.32. The number of carbonyl (C=O) groups excluding carboxylic acids is 1. The Morgan fingerprint density at radius 1 is 1.29 bits per heavy atom. The summed E-state index contributed by atoms with van der Waals surface area (Å²) in [6.45, 7) is 6.00. The van der Waals surface area contributed by atoms with E-state index < -0.39 is 16.1 Å². The third kappa shape index (κ3) is 4.86. The normalized spacial score (nSPS) is 21.0. The lowest BCUT2D eigenvalue weighted by Gasteiger charge is -2.31. The van der Waals surface area contributed by atoms with Crippen LogP contribution in [0.15, 0.2) is 18.5 Å². The number of anilines is 1. The molecule has 2 N–H and O–H groups in total. The van der Waals surface area contributed by atoms with Crippen LogP contribution in [0.5, 0.6) is 0 Å². The molecule has 0 aliphatic carbocycles. The molecule has 1 fully saturated rings. The van der Waals surface area contributed by atoms with Crippen molar-refractivity contribution < 1.29 is 13.2 Å². The van der Waals surface area contributed by atoms with Gasteiger partial charge in [0.25, 0.3) is 0 Å². The Bertz CT molecular complexity index is 1110. The largest absolute Gasteiger partial charge is 0.334 e. The summed E-state index contributed by atoms with van der Waals surface area (Å²) in [6.07, 6.45) is 6.81. The number of nitrogens with one attached hydrogen (secondary N) is 2. The van der Waals surface area contributed by atoms with Gasteiger partial charge in [0.2, 0.25) is 10.0 Å². The van der Waals surface area contributed by atoms with Crippen molar-refractivity contribution in [3.8, 4) is 11.1 Å². The van der Waals surface area contributed by atoms with E-state index in [4.69, 9.17) is 11.6 Å². The van der Waals surface area contributed by atoms with Crippen molar-refractivity contribution in [3.05, 3.63) is 29.2 Å². The lowest BCUT2D eigenvalue weighted by Crippen LogP contribution is -2.50. The van der Waals surface area contributed by atoms with Gasteiger partial charge in [0, 0.05) is 48.7 Å². The SMILES string of the molecule is CC1(C)Cc2c(-c3cc(NC(=O)NC4CCCN(S(C)(=O)=O)C4)ncc3Cl)cnn2C1. The van der Waals surface area contributed by atoms with Crippen LogP contribution in [0.1, 0.15) is 32.4 Å². The molecule has 2 amide bonds. The summed E-state index contributed by atoms with van der Waals surface area (Å²) < 4.78 is 27.0. The number of carbonyl (C=O) groups is 1. The Kier molecular flexibility index (Phi) is 5.74. The maximum absolute atomic E-state index is 12.5. The van der Waals surface area contributed by atoms with Crippen molar-refractivity contribution in [2.24, 2.45) is 5.41 Å². The third-order valence-corrected chi connectivity index (χ3v) is 7.32. The molecule has 0 bridgehead atoms. The molecule has 4 rings (SSSR count). The number of fused-ring (bicyclic) bond motifs is 1. The summed E-state index contributed by atoms with van der Waals surface area (Å²) >= 11 is 6.42. The van der Waals surface area contributed by atoms with E-state index in [0.717, 1.165) is 36.2 Å². The lowest BCUT2D eigenvalue weighted by molar-refractivity contribution is 0.236. The molecule has 0 saturated carbocycles. The first-order chi connectivity index (χ1) is 14.5. The molecule has 4 heterocycles. The number of nitrogens with zero attached hydrogens (tertiary/aromatic N) is 4. The van der Waals surface area contributed by atoms with E-state index >= 15 is 0 Å². The first-order valence-corrected chi connectivity index (χ1v) is 12.5. The number of urea groups is 1. The molecular weight excluding hydrogens is 440 g/mol. The van der Waals surface area contributed by atoms with Crippen LogP contribution in [0.2, 0.25) is 5.02 Å². The van der Waals surface area contributed by atoms with Gasteiger partial charge >= 0.3 is 6.03 Å². The first kappa shape index (κ1) is 22.0. The van der Waals surface area contributed by atoms with E-state index in [1.54, 1.807) is 12.3 Å². The molecule has 1 atom stereocenters. The lowest BCUT2D eigenvalue weighted by atomic mass is 9.89. The number of sulfonamides is 1. The Balaban J connectivity index is 1.47. The van der Waals surface area contributed by atoms with Gasteiger partial charge in [-0.1, -0.05) is 25.4 Å². The number of piperidine rings is 1. The van der Waals surface area contributed by atoms with Crippen LogP contribution < -0.4 is 10.6 Å². The molecule has 31 heavy (non-hydrogen) atoms. The zero-order valence-corrected chi connectivity index (χ0v) is 19.4. The van der Waals surface area contributed by atoms with Gasteiger partial charge in [-0.05, 0) is 30.7 Å². The van der Waals surface area contributed by atoms with Crippen LogP contribution in [0.4, 0.5) is 10.6 Å². The molecule has 2 aromatic heterocycles. The summed E-state index contributed by atoms with van der Waals surface area (Å²) in [5.41, 5.74) is 2.97. The molecule has 1 unspecified atom stereocenters. The Labute approximate surface area is 187 Å². The number of aromatic nitrogens is 3. The van der Waals surface area contributed by atoms with Gasteiger partial charge < -0.3 is 5.32 Å². The van der Waals surface area contributed by atoms with Gasteiger partial charge in [0.05, 0.1) is 17.5 Å². The van der Waals surface area contributed by atoms with Gasteiger partial charge in [-0.15, -0.1) is 0 Å². The van der Waals surface area contributed by atoms with Crippen LogP contribution >= 0.6 is 11.6 Å². The summed E-state index contributed by atoms with van der Waals surface area (Å²) in [5, 5.41) is 10.6. The van der Waals surface area contributed by atoms with Crippen LogP contribution in [0.25, 0.3) is 11.1 Å². The fraction of sp³-hybridized carbons (Fsp3) is 0.550. The predicted molar refractivity (Wildman–Crippen MR) is 120 cm³/mol. The number of hydrogen-bond donors (Lipinski definition) is 2. The van der Waals surface area contributed by atoms with Crippen LogP contribution in [-0.2, 0) is 23.0 Å². The Morgan fingerprint density at radius 3 is 2.81 bits per heavy atom. The summed E-state index contributed by atoms with van der Waals surface area (Å²) in [4.78, 5) is 16.7. The van der Waals surface area contributed by atoms with Crippen molar-refractivity contribution in [3.63, 3.8) is 0 Å². The minimum atomic E-state index is -3.28. The molecule has 0 radical (unpaired) electrons. The molecule has 11 heteroatoms. The second kappa shape index (κ2) is 8.07. The Morgan fingerprint density at radius 2 is 2.06 bits per heavy atom. The van der Waals surface area contributed by atoms with Crippen molar-refractivity contribution in [2.75, 3.05) is 24.7 Å². The zero-order chi connectivity index (χ0) is 22.4. The quantitative estimate of drug-likeness (QED) is 0.720. The van der Waals surface area contributed by atoms with Crippen LogP contribution in [-0.4, -0.2) is 58.9 Å². The molecule has 9 nitrogen and oxygen atoms in total. The standard InChI is InChI=1S/C20H27ClN6O3S/c1-20(2)8-17-15(9-23-27(17)12-20)14-7-18(22-10-16(14)21)25-19(28)24-13-5-4-6-26(11-13)31(3,29)30/h7,9-10,13H,4-6,8,11-12H2,1-3H3,(H2,22,24,25,28). The van der Waals surface area contributed by atoms with E-state index in [-0.39, 0.29) is 18.0 Å². The highest BCUT2D eigenvalue weighted by molar-refractivity contribution is 7.88. The maximum Gasteiger partial charge on any atom is 0.320 e. The smallest absolute Gasteiger partial charge is 0.320 e. The molecule has 168 valence electrons. The number of hydrogen-bond acceptors (Lipinski definition) is 5. The van der Waals surface area contributed by atoms with Gasteiger partial charge in [-0.25, -0.2) is 22.5 Å². The third-order valence-electron chi connectivity index (χ3n) is 5.75. The molecule has 2 aromatic rings. The minimum Gasteiger partial charge on any atom is -0.334 e. The monoisotopic (exact) mass is 466 g/mol. The fourth-order valence-electron chi connectivity index (χ4n) is 4.29. The highest BCUT2D eigenvalue weighted by Crippen LogP contribution is 2.39. The van der Waals surface area contributed by atoms with E-state index in [1.807, 2.05) is 4.68 Å². The van der Waals surface area contributed by atoms with Crippen LogP contribution in [0, 0.1) is 5.41 Å². The number of halogens is 1. The van der Waals surface area contributed by atoms with Gasteiger partial charge in [-0.2, -0.15) is 5.10 Å². The van der Waals surface area contributed by atoms with Gasteiger partial charge in [0.15, 0.2) is 0 Å². The van der Waals surface area contributed by atoms with E-state index in [0.29, 0.717) is 23.8 Å². The first-order valence-electron chi connectivity index (χ1n) is 10.3. The second-order valence-electron chi connectivity index (χ2n) is 9.11. The molecule has 0 aromatic carbocycles. The maximum atomic E-state index is 12.5. The molecule has 0 spiro atoms. The average molecular weight is 467 g/mol. The van der Waals surface area contributed by atoms with Crippen molar-refractivity contribution >= 4 is 33.5 Å². The van der Waals surface area contributed by atoms with Gasteiger partial charge in [-0.3, -0.25) is 10.00 Å². The average Bonchev–Trinajstić information content (AvgIpc) is 3.18. The fourth-order valence-corrected chi connectivity index (χ4v) is 5.40. The molecule has 2 aliphatic rings. The molecular formula is C20H27ClN6O3S. The van der Waals surface area contributed by atoms with E-state index in [2.05, 4.69) is 34.6 Å². The summed E-state index contributed by atoms with van der Waals surface area (Å²) in [6, 6.07) is 1.06. The van der Waals surface area contributed by atoms with E-state index in [9.17, 15) is 13.2 Å². The number of amides is 2. The van der Waals surface area contributed by atoms with Crippen LogP contribution in [0.3, 0.4) is 0 Å². The Hall–Kier alpha value is -2.17.